The van der Waals surface area contributed by atoms with Crippen LogP contribution in [-0.2, 0) is 14.8 Å². The Bertz CT molecular complexity index is 1400. The highest BCUT2D eigenvalue weighted by molar-refractivity contribution is 7.88. The lowest BCUT2D eigenvalue weighted by atomic mass is 9.58. The Morgan fingerprint density at radius 3 is 2.86 bits per heavy atom. The molecule has 35 heavy (non-hydrogen) atoms. The summed E-state index contributed by atoms with van der Waals surface area (Å²) in [6.45, 7) is 2.49. The Morgan fingerprint density at radius 2 is 2.00 bits per heavy atom. The summed E-state index contributed by atoms with van der Waals surface area (Å²) in [7, 11) is -3.23. The SMILES string of the molecule is C[C@]12CC=C3C=C4CC[C@H](NS(C)(=O)=O)C[C@]45CC[C@]3(O5)[C@@H]1CC[C@@H]2c1ccc2ccncc2c1. The molecule has 2 aromatic rings. The van der Waals surface area contributed by atoms with Crippen LogP contribution in [0.25, 0.3) is 10.8 Å². The van der Waals surface area contributed by atoms with Crippen LogP contribution in [-0.4, -0.2) is 36.9 Å². The number of nitrogens with one attached hydrogen (secondary N) is 1. The molecular formula is C29H34N2O3S. The third-order valence-corrected chi connectivity index (χ3v) is 10.9. The van der Waals surface area contributed by atoms with E-state index in [1.807, 2.05) is 12.4 Å². The fraction of sp³-hybridized carbons (Fsp3) is 0.552. The Hall–Kier alpha value is -2.02. The van der Waals surface area contributed by atoms with Crippen LogP contribution in [0.5, 0.6) is 0 Å². The Labute approximate surface area is 208 Å². The molecule has 5 nitrogen and oxygen atoms in total. The van der Waals surface area contributed by atoms with Gasteiger partial charge in [-0.3, -0.25) is 4.98 Å². The van der Waals surface area contributed by atoms with Gasteiger partial charge in [-0.25, -0.2) is 13.1 Å². The van der Waals surface area contributed by atoms with Crippen molar-refractivity contribution in [1.82, 2.24) is 9.71 Å². The smallest absolute Gasteiger partial charge is 0.208 e. The normalized spacial score (nSPS) is 40.0. The number of ether oxygens (including phenoxy) is 1. The second-order valence-electron chi connectivity index (χ2n) is 12.0. The van der Waals surface area contributed by atoms with Crippen LogP contribution in [0.1, 0.15) is 69.8 Å². The summed E-state index contributed by atoms with van der Waals surface area (Å²) in [4.78, 5) is 4.35. The summed E-state index contributed by atoms with van der Waals surface area (Å²) in [6.07, 6.45) is 18.1. The molecule has 6 heteroatoms. The maximum absolute atomic E-state index is 12.0. The average molecular weight is 491 g/mol. The van der Waals surface area contributed by atoms with Crippen molar-refractivity contribution in [2.45, 2.75) is 81.5 Å². The molecule has 3 fully saturated rings. The molecule has 0 amide bonds. The molecular weight excluding hydrogens is 456 g/mol. The minimum Gasteiger partial charge on any atom is -0.359 e. The first kappa shape index (κ1) is 22.2. The molecule has 0 unspecified atom stereocenters. The maximum Gasteiger partial charge on any atom is 0.208 e. The molecule has 3 aliphatic carbocycles. The predicted octanol–water partition coefficient (Wildman–Crippen LogP) is 5.39. The van der Waals surface area contributed by atoms with Crippen molar-refractivity contribution in [1.29, 1.82) is 0 Å². The molecule has 3 heterocycles. The number of nitrogens with zero attached hydrogens (tertiary/aromatic N) is 1. The van der Waals surface area contributed by atoms with Crippen LogP contribution < -0.4 is 4.72 Å². The third-order valence-electron chi connectivity index (χ3n) is 10.1. The molecule has 1 saturated heterocycles. The van der Waals surface area contributed by atoms with Gasteiger partial charge in [-0.2, -0.15) is 0 Å². The van der Waals surface area contributed by atoms with Gasteiger partial charge in [0.25, 0.3) is 0 Å². The van der Waals surface area contributed by atoms with Gasteiger partial charge >= 0.3 is 0 Å². The van der Waals surface area contributed by atoms with Gasteiger partial charge < -0.3 is 4.74 Å². The largest absolute Gasteiger partial charge is 0.359 e. The summed E-state index contributed by atoms with van der Waals surface area (Å²) in [5, 5.41) is 2.46. The zero-order valence-electron chi connectivity index (χ0n) is 20.6. The maximum atomic E-state index is 12.0. The van der Waals surface area contributed by atoms with Crippen LogP contribution >= 0.6 is 0 Å². The van der Waals surface area contributed by atoms with Gasteiger partial charge in [0, 0.05) is 23.8 Å². The van der Waals surface area contributed by atoms with E-state index in [2.05, 4.69) is 53.0 Å². The fourth-order valence-corrected chi connectivity index (χ4v) is 9.49. The van der Waals surface area contributed by atoms with Gasteiger partial charge in [0.2, 0.25) is 10.0 Å². The fourth-order valence-electron chi connectivity index (χ4n) is 8.68. The lowest BCUT2D eigenvalue weighted by Crippen LogP contribution is -2.55. The summed E-state index contributed by atoms with van der Waals surface area (Å²) in [6, 6.07) is 8.98. The van der Waals surface area contributed by atoms with Crippen molar-refractivity contribution in [3.8, 4) is 0 Å². The molecule has 184 valence electrons. The third kappa shape index (κ3) is 3.19. The predicted molar refractivity (Wildman–Crippen MR) is 137 cm³/mol. The van der Waals surface area contributed by atoms with E-state index >= 15 is 0 Å². The molecule has 2 bridgehead atoms. The van der Waals surface area contributed by atoms with Crippen molar-refractivity contribution in [2.24, 2.45) is 11.3 Å². The van der Waals surface area contributed by atoms with Crippen LogP contribution in [0, 0.1) is 11.3 Å². The zero-order valence-corrected chi connectivity index (χ0v) is 21.4. The molecule has 6 atom stereocenters. The van der Waals surface area contributed by atoms with Crippen molar-refractivity contribution >= 4 is 20.8 Å². The van der Waals surface area contributed by atoms with E-state index in [-0.39, 0.29) is 22.7 Å². The van der Waals surface area contributed by atoms with Crippen molar-refractivity contribution in [3.05, 3.63) is 65.5 Å². The second kappa shape index (κ2) is 7.27. The summed E-state index contributed by atoms with van der Waals surface area (Å²) in [5.74, 6) is 0.978. The molecule has 0 radical (unpaired) electrons. The van der Waals surface area contributed by atoms with E-state index in [0.717, 1.165) is 38.5 Å². The van der Waals surface area contributed by atoms with Gasteiger partial charge in [0.1, 0.15) is 0 Å². The lowest BCUT2D eigenvalue weighted by molar-refractivity contribution is -0.135. The average Bonchev–Trinajstić information content (AvgIpc) is 3.33. The number of benzene rings is 1. The highest BCUT2D eigenvalue weighted by Crippen LogP contribution is 2.69. The number of sulfonamides is 1. The molecule has 7 rings (SSSR count). The molecule has 1 N–H and O–H groups in total. The van der Waals surface area contributed by atoms with Gasteiger partial charge in [-0.15, -0.1) is 0 Å². The van der Waals surface area contributed by atoms with Crippen molar-refractivity contribution in [3.63, 3.8) is 0 Å². The zero-order chi connectivity index (χ0) is 24.1. The number of aromatic nitrogens is 1. The van der Waals surface area contributed by atoms with E-state index in [1.54, 1.807) is 0 Å². The van der Waals surface area contributed by atoms with Crippen LogP contribution in [0.2, 0.25) is 0 Å². The van der Waals surface area contributed by atoms with Gasteiger partial charge in [-0.05, 0) is 103 Å². The Kier molecular flexibility index (Phi) is 4.61. The minimum absolute atomic E-state index is 0.0414. The van der Waals surface area contributed by atoms with Crippen LogP contribution in [0.15, 0.2) is 60.0 Å². The van der Waals surface area contributed by atoms with E-state index in [1.165, 1.54) is 46.6 Å². The number of rotatable bonds is 3. The van der Waals surface area contributed by atoms with E-state index < -0.39 is 10.0 Å². The standard InChI is InChI=1S/C29H34N2O3S/c1-27-11-9-23-16-22-5-6-24(31-35(2,32)33)17-28(22)12-13-29(23,34-28)26(27)8-7-25(27)20-4-3-19-10-14-30-18-21(19)15-20/h3-4,9-10,14-16,18,24-26,31H,5-8,11-13,17H2,1-2H3/t24-,25+,26+,27+,28+,29+/m0/s1. The molecule has 5 aliphatic rings. The molecule has 1 aromatic carbocycles. The number of pyridine rings is 1. The van der Waals surface area contributed by atoms with Gasteiger partial charge in [-0.1, -0.05) is 31.2 Å². The minimum atomic E-state index is -3.23. The Morgan fingerprint density at radius 1 is 1.11 bits per heavy atom. The molecule has 2 spiro atoms. The van der Waals surface area contributed by atoms with Crippen molar-refractivity contribution < 1.29 is 13.2 Å². The topological polar surface area (TPSA) is 68.3 Å². The van der Waals surface area contributed by atoms with Gasteiger partial charge in [0.15, 0.2) is 0 Å². The quantitative estimate of drug-likeness (QED) is 0.626. The highest BCUT2D eigenvalue weighted by Gasteiger charge is 2.66. The van der Waals surface area contributed by atoms with E-state index in [4.69, 9.17) is 4.74 Å². The molecule has 2 saturated carbocycles. The summed E-state index contributed by atoms with van der Waals surface area (Å²) >= 11 is 0. The molecule has 1 aromatic heterocycles. The number of hydrogen-bond donors (Lipinski definition) is 1. The first-order valence-corrected chi connectivity index (χ1v) is 15.0. The molecule has 2 aliphatic heterocycles. The van der Waals surface area contributed by atoms with Crippen LogP contribution in [0.4, 0.5) is 0 Å². The van der Waals surface area contributed by atoms with Gasteiger partial charge in [0.05, 0.1) is 17.5 Å². The lowest BCUT2D eigenvalue weighted by Gasteiger charge is -2.54. The van der Waals surface area contributed by atoms with Crippen molar-refractivity contribution in [2.75, 3.05) is 6.26 Å². The van der Waals surface area contributed by atoms with E-state index in [0.29, 0.717) is 11.8 Å². The van der Waals surface area contributed by atoms with Crippen LogP contribution in [0.3, 0.4) is 0 Å². The Balaban J connectivity index is 1.24. The number of hydrogen-bond acceptors (Lipinski definition) is 4. The summed E-state index contributed by atoms with van der Waals surface area (Å²) < 4.78 is 34.1. The monoisotopic (exact) mass is 490 g/mol. The second-order valence-corrected chi connectivity index (χ2v) is 13.8. The first-order valence-electron chi connectivity index (χ1n) is 13.1. The highest BCUT2D eigenvalue weighted by atomic mass is 32.2. The first-order chi connectivity index (χ1) is 16.7. The number of fused-ring (bicyclic) bond motifs is 2. The summed E-state index contributed by atoms with van der Waals surface area (Å²) in [5.41, 5.74) is 3.85. The van der Waals surface area contributed by atoms with E-state index in [9.17, 15) is 8.42 Å². The number of allylic oxidation sites excluding steroid dienone is 1.